The van der Waals surface area contributed by atoms with E-state index in [1.54, 1.807) is 17.9 Å². The topological polar surface area (TPSA) is 107 Å². The van der Waals surface area contributed by atoms with Gasteiger partial charge in [0.05, 0.1) is 36.8 Å². The number of aromatic nitrogens is 4. The minimum absolute atomic E-state index is 0.0147. The van der Waals surface area contributed by atoms with Gasteiger partial charge in [0, 0.05) is 51.2 Å². The molecule has 10 heteroatoms. The summed E-state index contributed by atoms with van der Waals surface area (Å²) in [5.41, 5.74) is 4.92. The van der Waals surface area contributed by atoms with Crippen molar-refractivity contribution in [2.45, 2.75) is 38.5 Å². The molecule has 0 radical (unpaired) electrons. The van der Waals surface area contributed by atoms with Crippen LogP contribution >= 0.6 is 0 Å². The third-order valence-corrected chi connectivity index (χ3v) is 7.44. The van der Waals surface area contributed by atoms with Crippen LogP contribution in [0.3, 0.4) is 0 Å². The van der Waals surface area contributed by atoms with Crippen molar-refractivity contribution in [3.8, 4) is 6.07 Å². The van der Waals surface area contributed by atoms with E-state index in [4.69, 9.17) is 19.2 Å². The van der Waals surface area contributed by atoms with Gasteiger partial charge in [0.2, 0.25) is 0 Å². The Balaban J connectivity index is 1.32. The number of rotatable bonds is 7. The first-order chi connectivity index (χ1) is 18.5. The molecule has 0 saturated carbocycles. The van der Waals surface area contributed by atoms with Gasteiger partial charge in [-0.3, -0.25) is 9.36 Å². The molecule has 4 aromatic rings. The molecule has 0 bridgehead atoms. The third-order valence-electron chi connectivity index (χ3n) is 7.44. The number of fused-ring (bicyclic) bond motifs is 2. The second kappa shape index (κ2) is 10.2. The molecule has 38 heavy (non-hydrogen) atoms. The van der Waals surface area contributed by atoms with Crippen LogP contribution in [0.5, 0.6) is 0 Å². The number of nitrogens with zero attached hydrogens (tertiary/aromatic N) is 6. The van der Waals surface area contributed by atoms with Crippen molar-refractivity contribution in [2.24, 2.45) is 0 Å². The van der Waals surface area contributed by atoms with Crippen molar-refractivity contribution in [1.82, 2.24) is 18.9 Å². The molecule has 0 unspecified atom stereocenters. The number of methoxy groups -OCH3 is 1. The van der Waals surface area contributed by atoms with Gasteiger partial charge in [-0.25, -0.2) is 9.97 Å². The molecule has 10 nitrogen and oxygen atoms in total. The van der Waals surface area contributed by atoms with Crippen LogP contribution in [0.15, 0.2) is 41.5 Å². The molecular formula is C28H30N6O4. The first kappa shape index (κ1) is 24.6. The number of ether oxygens (including phenoxy) is 3. The lowest BCUT2D eigenvalue weighted by Crippen LogP contribution is -2.44. The molecule has 5 heterocycles. The highest BCUT2D eigenvalue weighted by molar-refractivity contribution is 5.81. The van der Waals surface area contributed by atoms with Crippen molar-refractivity contribution in [1.29, 1.82) is 5.26 Å². The van der Waals surface area contributed by atoms with E-state index < -0.39 is 0 Å². The Morgan fingerprint density at radius 3 is 2.82 bits per heavy atom. The lowest BCUT2D eigenvalue weighted by Gasteiger charge is -2.34. The maximum absolute atomic E-state index is 13.7. The van der Waals surface area contributed by atoms with Crippen LogP contribution in [0.2, 0.25) is 0 Å². The zero-order valence-electron chi connectivity index (χ0n) is 21.6. The van der Waals surface area contributed by atoms with Gasteiger partial charge < -0.3 is 23.5 Å². The predicted molar refractivity (Wildman–Crippen MR) is 141 cm³/mol. The summed E-state index contributed by atoms with van der Waals surface area (Å²) in [4.78, 5) is 25.3. The minimum Gasteiger partial charge on any atom is -0.382 e. The quantitative estimate of drug-likeness (QED) is 0.371. The molecule has 196 valence electrons. The number of pyridine rings is 1. The van der Waals surface area contributed by atoms with E-state index in [1.807, 2.05) is 41.8 Å². The summed E-state index contributed by atoms with van der Waals surface area (Å²) in [5.74, 6) is 0.679. The van der Waals surface area contributed by atoms with Crippen molar-refractivity contribution in [2.75, 3.05) is 44.9 Å². The molecule has 0 spiro atoms. The number of aryl methyl sites for hydroxylation is 2. The normalized spacial score (nSPS) is 19.6. The van der Waals surface area contributed by atoms with E-state index in [2.05, 4.69) is 16.0 Å². The van der Waals surface area contributed by atoms with E-state index in [0.717, 1.165) is 42.0 Å². The van der Waals surface area contributed by atoms with Crippen molar-refractivity contribution in [3.63, 3.8) is 0 Å². The fourth-order valence-corrected chi connectivity index (χ4v) is 5.29. The summed E-state index contributed by atoms with van der Waals surface area (Å²) in [6, 6.07) is 9.94. The second-order valence-electron chi connectivity index (χ2n) is 9.91. The Morgan fingerprint density at radius 2 is 2.05 bits per heavy atom. The summed E-state index contributed by atoms with van der Waals surface area (Å²) < 4.78 is 20.5. The molecule has 2 fully saturated rings. The Bertz CT molecular complexity index is 1600. The first-order valence-corrected chi connectivity index (χ1v) is 12.9. The molecule has 6 rings (SSSR count). The SMILES string of the molecule is COC[C@H]1CN(c2ccc3c(=O)n(CCc4cn5cc(C#N)nc5cc4C)c([C@@H]4CCO4)nc3c2)CCO1. The maximum atomic E-state index is 13.7. The fraction of sp³-hybridized carbons (Fsp3) is 0.429. The van der Waals surface area contributed by atoms with Gasteiger partial charge in [0.1, 0.15) is 23.6 Å². The van der Waals surface area contributed by atoms with Crippen LogP contribution < -0.4 is 10.5 Å². The maximum Gasteiger partial charge on any atom is 0.261 e. The number of hydrogen-bond acceptors (Lipinski definition) is 8. The summed E-state index contributed by atoms with van der Waals surface area (Å²) in [6.07, 6.45) is 5.03. The Hall–Kier alpha value is -3.78. The zero-order chi connectivity index (χ0) is 26.2. The number of imidazole rings is 1. The number of nitriles is 1. The molecule has 1 aromatic carbocycles. The highest BCUT2D eigenvalue weighted by Gasteiger charge is 2.27. The average Bonchev–Trinajstić information content (AvgIpc) is 3.29. The van der Waals surface area contributed by atoms with Crippen LogP contribution in [0.4, 0.5) is 5.69 Å². The van der Waals surface area contributed by atoms with Crippen molar-refractivity contribution >= 4 is 22.2 Å². The number of morpholine rings is 1. The number of benzene rings is 1. The largest absolute Gasteiger partial charge is 0.382 e. The van der Waals surface area contributed by atoms with Gasteiger partial charge in [-0.15, -0.1) is 0 Å². The summed E-state index contributed by atoms with van der Waals surface area (Å²) in [5, 5.41) is 9.78. The molecule has 2 atom stereocenters. The molecule has 3 aromatic heterocycles. The van der Waals surface area contributed by atoms with Crippen molar-refractivity contribution < 1.29 is 14.2 Å². The van der Waals surface area contributed by atoms with Gasteiger partial charge >= 0.3 is 0 Å². The van der Waals surface area contributed by atoms with E-state index in [0.29, 0.717) is 55.2 Å². The average molecular weight is 515 g/mol. The predicted octanol–water partition coefficient (Wildman–Crippen LogP) is 2.78. The van der Waals surface area contributed by atoms with Crippen LogP contribution in [0.1, 0.15) is 35.2 Å². The van der Waals surface area contributed by atoms with Gasteiger partial charge in [-0.05, 0) is 48.7 Å². The Labute approximate surface area is 220 Å². The van der Waals surface area contributed by atoms with E-state index in [9.17, 15) is 10.1 Å². The highest BCUT2D eigenvalue weighted by atomic mass is 16.5. The lowest BCUT2D eigenvalue weighted by molar-refractivity contribution is -0.0604. The van der Waals surface area contributed by atoms with Gasteiger partial charge in [0.25, 0.3) is 5.56 Å². The highest BCUT2D eigenvalue weighted by Crippen LogP contribution is 2.30. The summed E-state index contributed by atoms with van der Waals surface area (Å²) >= 11 is 0. The summed E-state index contributed by atoms with van der Waals surface area (Å²) in [7, 11) is 1.68. The molecule has 0 aliphatic carbocycles. The second-order valence-corrected chi connectivity index (χ2v) is 9.91. The summed E-state index contributed by atoms with van der Waals surface area (Å²) in [6.45, 7) is 5.85. The third kappa shape index (κ3) is 4.53. The van der Waals surface area contributed by atoms with Crippen LogP contribution in [-0.4, -0.2) is 65.1 Å². The first-order valence-electron chi connectivity index (χ1n) is 12.9. The molecule has 0 amide bonds. The molecule has 2 aliphatic heterocycles. The standard InChI is InChI=1S/C28H30N6O4/c1-18-11-26-30-20(13-29)15-33(26)14-19(18)5-7-34-27(25-6-9-38-25)31-24-12-21(3-4-23(24)28(34)35)32-8-10-37-22(16-32)17-36-2/h3-4,11-12,14-15,22,25H,5-10,16-17H2,1-2H3/t22-,25+/m1/s1. The van der Waals surface area contributed by atoms with E-state index >= 15 is 0 Å². The molecular weight excluding hydrogens is 484 g/mol. The van der Waals surface area contributed by atoms with Crippen LogP contribution in [0, 0.1) is 18.3 Å². The number of anilines is 1. The van der Waals surface area contributed by atoms with Gasteiger partial charge in [0.15, 0.2) is 5.69 Å². The minimum atomic E-state index is -0.180. The Kier molecular flexibility index (Phi) is 6.57. The smallest absolute Gasteiger partial charge is 0.261 e. The molecule has 2 aliphatic rings. The van der Waals surface area contributed by atoms with Gasteiger partial charge in [-0.1, -0.05) is 0 Å². The van der Waals surface area contributed by atoms with E-state index in [1.165, 1.54) is 0 Å². The monoisotopic (exact) mass is 514 g/mol. The lowest BCUT2D eigenvalue weighted by atomic mass is 10.1. The van der Waals surface area contributed by atoms with Gasteiger partial charge in [-0.2, -0.15) is 5.26 Å². The van der Waals surface area contributed by atoms with Crippen LogP contribution in [0.25, 0.3) is 16.6 Å². The Morgan fingerprint density at radius 1 is 1.18 bits per heavy atom. The molecule has 0 N–H and O–H groups in total. The molecule has 2 saturated heterocycles. The number of hydrogen-bond donors (Lipinski definition) is 0. The zero-order valence-corrected chi connectivity index (χ0v) is 21.6. The van der Waals surface area contributed by atoms with Crippen LogP contribution in [-0.2, 0) is 27.2 Å². The van der Waals surface area contributed by atoms with E-state index in [-0.39, 0.29) is 17.8 Å². The van der Waals surface area contributed by atoms with Crippen molar-refractivity contribution in [3.05, 3.63) is 69.7 Å². The fourth-order valence-electron chi connectivity index (χ4n) is 5.29.